The zero-order valence-corrected chi connectivity index (χ0v) is 24.8. The fourth-order valence-corrected chi connectivity index (χ4v) is 5.89. The molecule has 9 nitrogen and oxygen atoms in total. The van der Waals surface area contributed by atoms with Crippen molar-refractivity contribution in [2.24, 2.45) is 5.41 Å². The number of nitrogen functional groups attached to an aromatic ring is 1. The van der Waals surface area contributed by atoms with E-state index in [1.165, 1.54) is 43.9 Å². The van der Waals surface area contributed by atoms with Gasteiger partial charge in [-0.25, -0.2) is 4.79 Å². The van der Waals surface area contributed by atoms with Crippen LogP contribution in [0.1, 0.15) is 70.4 Å². The molecular formula is C32H45N5O4. The zero-order valence-electron chi connectivity index (χ0n) is 24.8. The summed E-state index contributed by atoms with van der Waals surface area (Å²) in [6, 6.07) is 15.3. The molecule has 1 saturated carbocycles. The minimum absolute atomic E-state index is 0.217. The van der Waals surface area contributed by atoms with E-state index in [1.54, 1.807) is 4.90 Å². The first kappa shape index (κ1) is 30.4. The number of hydrogen-bond donors (Lipinski definition) is 3. The highest BCUT2D eigenvalue weighted by molar-refractivity contribution is 5.98. The van der Waals surface area contributed by atoms with Crippen LogP contribution in [-0.4, -0.2) is 59.5 Å². The lowest BCUT2D eigenvalue weighted by Gasteiger charge is -2.35. The summed E-state index contributed by atoms with van der Waals surface area (Å²) >= 11 is 0. The van der Waals surface area contributed by atoms with E-state index in [-0.39, 0.29) is 11.8 Å². The van der Waals surface area contributed by atoms with E-state index < -0.39 is 23.6 Å². The highest BCUT2D eigenvalue weighted by Crippen LogP contribution is 2.28. The highest BCUT2D eigenvalue weighted by atomic mass is 16.5. The van der Waals surface area contributed by atoms with Gasteiger partial charge in [-0.1, -0.05) is 57.9 Å². The minimum atomic E-state index is -0.807. The Morgan fingerprint density at radius 3 is 2.10 bits per heavy atom. The summed E-state index contributed by atoms with van der Waals surface area (Å²) in [5.41, 5.74) is 9.24. The van der Waals surface area contributed by atoms with Gasteiger partial charge in [-0.15, -0.1) is 0 Å². The molecule has 9 heteroatoms. The van der Waals surface area contributed by atoms with Crippen LogP contribution in [0.2, 0.25) is 0 Å². The number of benzene rings is 2. The third-order valence-corrected chi connectivity index (χ3v) is 8.21. The Balaban J connectivity index is 1.40. The van der Waals surface area contributed by atoms with Crippen molar-refractivity contribution in [3.8, 4) is 0 Å². The number of alkyl carbamates (subject to hydrolysis) is 1. The Hall–Kier alpha value is -3.59. The van der Waals surface area contributed by atoms with E-state index in [0.717, 1.165) is 25.2 Å². The van der Waals surface area contributed by atoms with Crippen molar-refractivity contribution in [1.82, 2.24) is 15.1 Å². The third kappa shape index (κ3) is 8.00. The summed E-state index contributed by atoms with van der Waals surface area (Å²) in [7, 11) is 1.27. The monoisotopic (exact) mass is 563 g/mol. The predicted octanol–water partition coefficient (Wildman–Crippen LogP) is 4.91. The van der Waals surface area contributed by atoms with Crippen LogP contribution in [0, 0.1) is 5.41 Å². The molecule has 0 bridgehead atoms. The predicted molar refractivity (Wildman–Crippen MR) is 161 cm³/mol. The number of anilines is 2. The number of likely N-dealkylation sites (tertiary alicyclic amines) is 1. The quantitative estimate of drug-likeness (QED) is 0.373. The maximum absolute atomic E-state index is 13.5. The van der Waals surface area contributed by atoms with Crippen LogP contribution in [0.4, 0.5) is 16.2 Å². The molecule has 41 heavy (non-hydrogen) atoms. The topological polar surface area (TPSA) is 117 Å². The Kier molecular flexibility index (Phi) is 9.91. The fourth-order valence-electron chi connectivity index (χ4n) is 5.89. The van der Waals surface area contributed by atoms with E-state index in [4.69, 9.17) is 10.5 Å². The minimum Gasteiger partial charge on any atom is -0.453 e. The van der Waals surface area contributed by atoms with Crippen LogP contribution in [0.3, 0.4) is 0 Å². The molecule has 0 unspecified atom stereocenters. The first-order chi connectivity index (χ1) is 19.5. The van der Waals surface area contributed by atoms with Gasteiger partial charge >= 0.3 is 6.09 Å². The number of rotatable bonds is 9. The van der Waals surface area contributed by atoms with Gasteiger partial charge in [0, 0.05) is 37.1 Å². The molecule has 3 amide bonds. The van der Waals surface area contributed by atoms with Crippen molar-refractivity contribution < 1.29 is 19.1 Å². The molecule has 1 heterocycles. The first-order valence-corrected chi connectivity index (χ1v) is 14.7. The number of hydrogen-bond acceptors (Lipinski definition) is 6. The standard InChI is InChI=1S/C32H45N5O4/c1-32(2,3)28(35-31(40)41-4)30(39)37-19-7-10-27(37)29(38)34-25-17-13-23(14-18-25)21-36(26-8-5-6-9-26)20-22-11-15-24(33)16-12-22/h11-18,26-28H,5-10,19-21,33H2,1-4H3,(H,34,38)(H,35,40)/t27-,28+/m0/s1. The van der Waals surface area contributed by atoms with Gasteiger partial charge in [-0.3, -0.25) is 14.5 Å². The second kappa shape index (κ2) is 13.4. The molecule has 0 spiro atoms. The van der Waals surface area contributed by atoms with Gasteiger partial charge < -0.3 is 26.0 Å². The number of carbonyl (C=O) groups is 3. The van der Waals surface area contributed by atoms with E-state index in [9.17, 15) is 14.4 Å². The summed E-state index contributed by atoms with van der Waals surface area (Å²) in [5.74, 6) is -0.491. The van der Waals surface area contributed by atoms with E-state index in [2.05, 4.69) is 39.8 Å². The van der Waals surface area contributed by atoms with Crippen LogP contribution in [0.25, 0.3) is 0 Å². The second-order valence-electron chi connectivity index (χ2n) is 12.4. The number of carbonyl (C=O) groups excluding carboxylic acids is 3. The van der Waals surface area contributed by atoms with Crippen molar-refractivity contribution in [3.05, 3.63) is 59.7 Å². The first-order valence-electron chi connectivity index (χ1n) is 14.7. The molecule has 0 radical (unpaired) electrons. The number of amides is 3. The van der Waals surface area contributed by atoms with Crippen molar-refractivity contribution in [2.45, 2.75) is 90.5 Å². The lowest BCUT2D eigenvalue weighted by atomic mass is 9.85. The van der Waals surface area contributed by atoms with E-state index in [0.29, 0.717) is 24.7 Å². The van der Waals surface area contributed by atoms with Crippen LogP contribution < -0.4 is 16.4 Å². The van der Waals surface area contributed by atoms with Gasteiger partial charge in [0.15, 0.2) is 0 Å². The summed E-state index contributed by atoms with van der Waals surface area (Å²) in [5, 5.41) is 5.67. The molecule has 2 aliphatic rings. The summed E-state index contributed by atoms with van der Waals surface area (Å²) in [4.78, 5) is 42.8. The Bertz CT molecular complexity index is 1190. The maximum atomic E-state index is 13.5. The van der Waals surface area contributed by atoms with E-state index in [1.807, 2.05) is 45.0 Å². The van der Waals surface area contributed by atoms with Crippen molar-refractivity contribution in [1.29, 1.82) is 0 Å². The zero-order chi connectivity index (χ0) is 29.6. The maximum Gasteiger partial charge on any atom is 0.407 e. The summed E-state index contributed by atoms with van der Waals surface area (Å²) in [6.07, 6.45) is 5.59. The van der Waals surface area contributed by atoms with Crippen molar-refractivity contribution in [2.75, 3.05) is 24.7 Å². The van der Waals surface area contributed by atoms with Crippen LogP contribution in [0.5, 0.6) is 0 Å². The number of methoxy groups -OCH3 is 1. The van der Waals surface area contributed by atoms with Crippen molar-refractivity contribution >= 4 is 29.3 Å². The van der Waals surface area contributed by atoms with Gasteiger partial charge in [0.05, 0.1) is 7.11 Å². The lowest BCUT2D eigenvalue weighted by Crippen LogP contribution is -2.57. The molecule has 2 aromatic rings. The molecule has 222 valence electrons. The van der Waals surface area contributed by atoms with Gasteiger partial charge in [0.2, 0.25) is 11.8 Å². The second-order valence-corrected chi connectivity index (χ2v) is 12.4. The molecule has 1 aliphatic carbocycles. The summed E-state index contributed by atoms with van der Waals surface area (Å²) in [6.45, 7) is 7.80. The number of nitrogens with one attached hydrogen (secondary N) is 2. The Morgan fingerprint density at radius 1 is 0.951 bits per heavy atom. The molecule has 1 saturated heterocycles. The highest BCUT2D eigenvalue weighted by Gasteiger charge is 2.42. The molecule has 2 fully saturated rings. The number of nitrogens with two attached hydrogens (primary N) is 1. The average Bonchev–Trinajstić information content (AvgIpc) is 3.65. The molecule has 1 aliphatic heterocycles. The lowest BCUT2D eigenvalue weighted by molar-refractivity contribution is -0.140. The SMILES string of the molecule is COC(=O)N[C@H](C(=O)N1CCC[C@H]1C(=O)Nc1ccc(CN(Cc2ccc(N)cc2)C2CCCC2)cc1)C(C)(C)C. The van der Waals surface area contributed by atoms with Crippen molar-refractivity contribution in [3.63, 3.8) is 0 Å². The molecule has 4 rings (SSSR count). The van der Waals surface area contributed by atoms with Crippen LogP contribution >= 0.6 is 0 Å². The molecule has 2 aromatic carbocycles. The molecule has 4 N–H and O–H groups in total. The molecular weight excluding hydrogens is 518 g/mol. The van der Waals surface area contributed by atoms with Crippen LogP contribution in [0.15, 0.2) is 48.5 Å². The van der Waals surface area contributed by atoms with Gasteiger partial charge in [-0.2, -0.15) is 0 Å². The summed E-state index contributed by atoms with van der Waals surface area (Å²) < 4.78 is 4.73. The number of ether oxygens (including phenoxy) is 1. The smallest absolute Gasteiger partial charge is 0.407 e. The van der Waals surface area contributed by atoms with Crippen LogP contribution in [-0.2, 0) is 27.4 Å². The Morgan fingerprint density at radius 2 is 1.54 bits per heavy atom. The largest absolute Gasteiger partial charge is 0.453 e. The average molecular weight is 564 g/mol. The Labute approximate surface area is 243 Å². The van der Waals surface area contributed by atoms with Gasteiger partial charge in [-0.05, 0) is 66.5 Å². The molecule has 0 aromatic heterocycles. The molecule has 2 atom stereocenters. The third-order valence-electron chi connectivity index (χ3n) is 8.21. The van der Waals surface area contributed by atoms with Gasteiger partial charge in [0.25, 0.3) is 0 Å². The number of nitrogens with zero attached hydrogens (tertiary/aromatic N) is 2. The fraction of sp³-hybridized carbons (Fsp3) is 0.531. The van der Waals surface area contributed by atoms with Gasteiger partial charge in [0.1, 0.15) is 12.1 Å². The van der Waals surface area contributed by atoms with E-state index >= 15 is 0 Å². The normalized spacial score (nSPS) is 18.4.